The fourth-order valence-corrected chi connectivity index (χ4v) is 2.89. The molecule has 2 N–H and O–H groups in total. The van der Waals surface area contributed by atoms with Crippen molar-refractivity contribution in [1.82, 2.24) is 10.6 Å². The number of halogens is 4. The molecule has 0 fully saturated rings. The Hall–Kier alpha value is -3.43. The van der Waals surface area contributed by atoms with Crippen LogP contribution in [0.4, 0.5) is 17.6 Å². The van der Waals surface area contributed by atoms with Gasteiger partial charge in [0.2, 0.25) is 12.0 Å². The number of alkyl halides is 3. The Morgan fingerprint density at radius 3 is 2.55 bits per heavy atom. The lowest BCUT2D eigenvalue weighted by Gasteiger charge is -2.11. The number of benzene rings is 2. The molecule has 0 saturated carbocycles. The lowest BCUT2D eigenvalue weighted by Crippen LogP contribution is -2.37. The number of amides is 2. The molecule has 164 valence electrons. The third kappa shape index (κ3) is 6.27. The largest absolute Gasteiger partial charge is 0.416 e. The number of nitrogens with zero attached hydrogens (tertiary/aromatic N) is 1. The molecule has 0 saturated heterocycles. The van der Waals surface area contributed by atoms with Gasteiger partial charge in [0.25, 0.3) is 5.91 Å². The highest BCUT2D eigenvalue weighted by atomic mass is 19.4. The van der Waals surface area contributed by atoms with Gasteiger partial charge in [-0.3, -0.25) is 9.59 Å². The Kier molecular flexibility index (Phi) is 6.88. The van der Waals surface area contributed by atoms with Crippen molar-refractivity contribution in [2.24, 2.45) is 5.16 Å². The second-order valence-electron chi connectivity index (χ2n) is 6.86. The van der Waals surface area contributed by atoms with E-state index in [-0.39, 0.29) is 31.7 Å². The predicted octanol–water partition coefficient (Wildman–Crippen LogP) is 3.16. The van der Waals surface area contributed by atoms with E-state index >= 15 is 0 Å². The van der Waals surface area contributed by atoms with Crippen LogP contribution in [0.5, 0.6) is 0 Å². The van der Waals surface area contributed by atoms with Crippen LogP contribution in [-0.4, -0.2) is 30.2 Å². The molecule has 0 aromatic heterocycles. The fraction of sp³-hybridized carbons (Fsp3) is 0.286. The van der Waals surface area contributed by atoms with Gasteiger partial charge in [0, 0.05) is 25.9 Å². The summed E-state index contributed by atoms with van der Waals surface area (Å²) in [7, 11) is 0. The summed E-state index contributed by atoms with van der Waals surface area (Å²) < 4.78 is 51.1. The van der Waals surface area contributed by atoms with Gasteiger partial charge in [-0.15, -0.1) is 0 Å². The molecule has 10 heteroatoms. The maximum absolute atomic E-state index is 13.0. The van der Waals surface area contributed by atoms with Gasteiger partial charge >= 0.3 is 6.18 Å². The van der Waals surface area contributed by atoms with E-state index in [4.69, 9.17) is 4.84 Å². The first-order valence-electron chi connectivity index (χ1n) is 9.41. The minimum atomic E-state index is -4.45. The highest BCUT2D eigenvalue weighted by Gasteiger charge is 2.30. The summed E-state index contributed by atoms with van der Waals surface area (Å²) in [5.41, 5.74) is 0.687. The Labute approximate surface area is 175 Å². The first-order chi connectivity index (χ1) is 14.7. The van der Waals surface area contributed by atoms with Crippen LogP contribution in [0.1, 0.15) is 29.5 Å². The number of rotatable bonds is 7. The minimum Gasteiger partial charge on any atom is -0.382 e. The summed E-state index contributed by atoms with van der Waals surface area (Å²) in [5.74, 6) is -1.26. The van der Waals surface area contributed by atoms with Crippen molar-refractivity contribution in [3.63, 3.8) is 0 Å². The van der Waals surface area contributed by atoms with Gasteiger partial charge in [0.15, 0.2) is 0 Å². The van der Waals surface area contributed by atoms with Crippen LogP contribution in [0.3, 0.4) is 0 Å². The Balaban J connectivity index is 1.38. The molecule has 1 atom stereocenters. The number of nitrogens with one attached hydrogen (secondary N) is 2. The van der Waals surface area contributed by atoms with Crippen LogP contribution < -0.4 is 10.6 Å². The van der Waals surface area contributed by atoms with E-state index in [1.165, 1.54) is 36.4 Å². The Morgan fingerprint density at radius 1 is 1.10 bits per heavy atom. The van der Waals surface area contributed by atoms with Crippen molar-refractivity contribution in [2.75, 3.05) is 6.54 Å². The van der Waals surface area contributed by atoms with Gasteiger partial charge in [0.1, 0.15) is 5.82 Å². The minimum absolute atomic E-state index is 0.0268. The third-order valence-electron chi connectivity index (χ3n) is 4.53. The number of oxime groups is 1. The maximum atomic E-state index is 13.0. The molecule has 1 unspecified atom stereocenters. The zero-order chi connectivity index (χ0) is 22.4. The second-order valence-corrected chi connectivity index (χ2v) is 6.86. The van der Waals surface area contributed by atoms with E-state index in [2.05, 4.69) is 15.8 Å². The molecule has 1 aliphatic rings. The zero-order valence-corrected chi connectivity index (χ0v) is 16.2. The van der Waals surface area contributed by atoms with Crippen molar-refractivity contribution in [3.8, 4) is 0 Å². The normalized spacial score (nSPS) is 15.7. The highest BCUT2D eigenvalue weighted by Crippen LogP contribution is 2.29. The van der Waals surface area contributed by atoms with Gasteiger partial charge in [-0.2, -0.15) is 13.2 Å². The summed E-state index contributed by atoms with van der Waals surface area (Å²) >= 11 is 0. The van der Waals surface area contributed by atoms with Gasteiger partial charge in [0.05, 0.1) is 11.3 Å². The molecule has 0 radical (unpaired) electrons. The molecule has 0 spiro atoms. The average molecular weight is 437 g/mol. The van der Waals surface area contributed by atoms with Gasteiger partial charge < -0.3 is 15.5 Å². The van der Waals surface area contributed by atoms with E-state index < -0.39 is 29.7 Å². The lowest BCUT2D eigenvalue weighted by molar-refractivity contribution is -0.137. The molecule has 1 aliphatic heterocycles. The predicted molar refractivity (Wildman–Crippen MR) is 103 cm³/mol. The fourth-order valence-electron chi connectivity index (χ4n) is 2.89. The summed E-state index contributed by atoms with van der Waals surface area (Å²) in [4.78, 5) is 29.2. The van der Waals surface area contributed by atoms with Crippen LogP contribution in [0.25, 0.3) is 0 Å². The molecule has 1 heterocycles. The van der Waals surface area contributed by atoms with Crippen LogP contribution in [0.15, 0.2) is 53.7 Å². The molecule has 3 rings (SSSR count). The van der Waals surface area contributed by atoms with Crippen molar-refractivity contribution in [1.29, 1.82) is 0 Å². The molecular weight excluding hydrogens is 418 g/mol. The highest BCUT2D eigenvalue weighted by molar-refractivity contribution is 6.04. The van der Waals surface area contributed by atoms with E-state index in [1.54, 1.807) is 0 Å². The van der Waals surface area contributed by atoms with Crippen LogP contribution in [0, 0.1) is 5.82 Å². The second kappa shape index (κ2) is 9.59. The van der Waals surface area contributed by atoms with Crippen molar-refractivity contribution >= 4 is 17.5 Å². The van der Waals surface area contributed by atoms with E-state index in [1.807, 2.05) is 0 Å². The van der Waals surface area contributed by atoms with E-state index in [9.17, 15) is 27.2 Å². The van der Waals surface area contributed by atoms with Crippen LogP contribution in [0.2, 0.25) is 0 Å². The van der Waals surface area contributed by atoms with Gasteiger partial charge in [-0.1, -0.05) is 29.4 Å². The first-order valence-corrected chi connectivity index (χ1v) is 9.41. The standard InChI is InChI=1S/C21H19F4N3O3/c22-16-6-4-14(5-7-16)17-11-18(31-28-17)20(30)26-9-8-19(29)27-12-13-2-1-3-15(10-13)21(23,24)25/h1-7,10,18H,8-9,11-12H2,(H,26,30)(H,27,29). The maximum Gasteiger partial charge on any atom is 0.416 e. The number of carbonyl (C=O) groups excluding carboxylic acids is 2. The number of carbonyl (C=O) groups is 2. The zero-order valence-electron chi connectivity index (χ0n) is 16.2. The topological polar surface area (TPSA) is 79.8 Å². The van der Waals surface area contributed by atoms with Crippen LogP contribution in [-0.2, 0) is 27.1 Å². The summed E-state index contributed by atoms with van der Waals surface area (Å²) in [6, 6.07) is 10.3. The first kappa shape index (κ1) is 22.3. The van der Waals surface area contributed by atoms with E-state index in [0.717, 1.165) is 12.1 Å². The van der Waals surface area contributed by atoms with Crippen LogP contribution >= 0.6 is 0 Å². The molecule has 2 aromatic rings. The van der Waals surface area contributed by atoms with Gasteiger partial charge in [-0.25, -0.2) is 4.39 Å². The van der Waals surface area contributed by atoms with Gasteiger partial charge in [-0.05, 0) is 35.4 Å². The molecule has 2 amide bonds. The summed E-state index contributed by atoms with van der Waals surface area (Å²) in [6.45, 7) is -0.0314. The number of hydrogen-bond acceptors (Lipinski definition) is 4. The molecule has 2 aromatic carbocycles. The molecule has 0 aliphatic carbocycles. The summed E-state index contributed by atoms with van der Waals surface area (Å²) in [5, 5.41) is 8.91. The molecule has 31 heavy (non-hydrogen) atoms. The monoisotopic (exact) mass is 437 g/mol. The van der Waals surface area contributed by atoms with Crippen molar-refractivity contribution in [2.45, 2.75) is 31.7 Å². The summed E-state index contributed by atoms with van der Waals surface area (Å²) in [6.07, 6.45) is -5.15. The smallest absolute Gasteiger partial charge is 0.382 e. The van der Waals surface area contributed by atoms with E-state index in [0.29, 0.717) is 16.8 Å². The average Bonchev–Trinajstić information content (AvgIpc) is 3.23. The Morgan fingerprint density at radius 2 is 1.84 bits per heavy atom. The molecule has 6 nitrogen and oxygen atoms in total. The quantitative estimate of drug-likeness (QED) is 0.654. The lowest BCUT2D eigenvalue weighted by atomic mass is 10.0. The number of hydrogen-bond donors (Lipinski definition) is 2. The van der Waals surface area contributed by atoms with Crippen molar-refractivity contribution in [3.05, 3.63) is 71.0 Å². The molecular formula is C21H19F4N3O3. The Bertz CT molecular complexity index is 975. The van der Waals surface area contributed by atoms with Crippen molar-refractivity contribution < 1.29 is 32.0 Å². The molecule has 0 bridgehead atoms. The third-order valence-corrected chi connectivity index (χ3v) is 4.53. The SMILES string of the molecule is O=C(CCNC(=O)C1CC(c2ccc(F)cc2)=NO1)NCc1cccc(C(F)(F)F)c1.